The number of hydrogen-bond acceptors (Lipinski definition) is 1. The number of anilines is 3. The fraction of sp³-hybridized carbons (Fsp3) is 0. The van der Waals surface area contributed by atoms with Gasteiger partial charge in [0, 0.05) is 33.4 Å². The molecule has 0 spiro atoms. The Balaban J connectivity index is 1.21. The van der Waals surface area contributed by atoms with Crippen LogP contribution in [-0.4, -0.2) is 4.57 Å². The summed E-state index contributed by atoms with van der Waals surface area (Å²) in [6, 6.07) is 63.4. The number of fused-ring (bicyclic) bond motifs is 4. The first-order valence-corrected chi connectivity index (χ1v) is 18.1. The molecule has 54 heavy (non-hydrogen) atoms. The van der Waals surface area contributed by atoms with Gasteiger partial charge in [0.1, 0.15) is 0 Å². The molecule has 0 fully saturated rings. The standard InChI is InChI=1S/C52H36N2/c1-3-16-37(17-4-1)40-20-13-23-43(36-40)53(42-34-32-39(33-35-42)45-27-14-19-38-18-7-8-24-44(38)45)49-29-11-9-25-46(49)47-28-15-31-51-52(47)48-26-10-12-30-50(48)54(51)41-21-5-2-6-22-41/h1-36H/i2D,5D,6D,21D,22D. The number of benzene rings is 9. The van der Waals surface area contributed by atoms with Gasteiger partial charge in [-0.1, -0.05) is 164 Å². The Morgan fingerprint density at radius 2 is 1.04 bits per heavy atom. The maximum Gasteiger partial charge on any atom is 0.0645 e. The molecule has 1 heterocycles. The van der Waals surface area contributed by atoms with Crippen molar-refractivity contribution >= 4 is 49.6 Å². The zero-order chi connectivity index (χ0) is 40.2. The van der Waals surface area contributed by atoms with Gasteiger partial charge in [0.05, 0.1) is 23.6 Å². The first-order valence-electron chi connectivity index (χ1n) is 20.6. The van der Waals surface area contributed by atoms with Crippen LogP contribution in [0.1, 0.15) is 6.85 Å². The molecule has 0 aliphatic carbocycles. The van der Waals surface area contributed by atoms with E-state index in [0.29, 0.717) is 0 Å². The fourth-order valence-electron chi connectivity index (χ4n) is 7.89. The molecule has 0 aliphatic heterocycles. The largest absolute Gasteiger partial charge is 0.310 e. The van der Waals surface area contributed by atoms with Gasteiger partial charge >= 0.3 is 0 Å². The van der Waals surface area contributed by atoms with Crippen molar-refractivity contribution in [1.29, 1.82) is 0 Å². The van der Waals surface area contributed by atoms with Gasteiger partial charge in [-0.2, -0.15) is 0 Å². The van der Waals surface area contributed by atoms with Crippen LogP contribution >= 0.6 is 0 Å². The summed E-state index contributed by atoms with van der Waals surface area (Å²) in [6.45, 7) is 0. The SMILES string of the molecule is [2H]c1c([2H])c([2H])c(-n2c3ccccc3c3c(-c4ccccc4N(c4ccc(-c5cccc6ccccc56)cc4)c4cccc(-c5ccccc5)c4)cccc32)c([2H])c1[2H]. The van der Waals surface area contributed by atoms with Gasteiger partial charge in [0.2, 0.25) is 0 Å². The molecule has 0 saturated heterocycles. The molecule has 254 valence electrons. The Labute approximate surface area is 322 Å². The Hall–Kier alpha value is -7.16. The monoisotopic (exact) mass is 693 g/mol. The molecule has 2 nitrogen and oxygen atoms in total. The van der Waals surface area contributed by atoms with Gasteiger partial charge in [-0.15, -0.1) is 0 Å². The molecule has 0 unspecified atom stereocenters. The smallest absolute Gasteiger partial charge is 0.0645 e. The van der Waals surface area contributed by atoms with Crippen LogP contribution in [-0.2, 0) is 0 Å². The van der Waals surface area contributed by atoms with Crippen LogP contribution in [0, 0.1) is 0 Å². The van der Waals surface area contributed by atoms with E-state index in [-0.39, 0.29) is 29.9 Å². The minimum Gasteiger partial charge on any atom is -0.310 e. The predicted molar refractivity (Wildman–Crippen MR) is 229 cm³/mol. The maximum atomic E-state index is 8.95. The van der Waals surface area contributed by atoms with Crippen LogP contribution < -0.4 is 4.90 Å². The van der Waals surface area contributed by atoms with Crippen molar-refractivity contribution in [3.63, 3.8) is 0 Å². The lowest BCUT2D eigenvalue weighted by Gasteiger charge is -2.28. The topological polar surface area (TPSA) is 8.17 Å². The maximum absolute atomic E-state index is 8.95. The van der Waals surface area contributed by atoms with Crippen molar-refractivity contribution < 1.29 is 6.85 Å². The average Bonchev–Trinajstić information content (AvgIpc) is 3.63. The number of hydrogen-bond donors (Lipinski definition) is 0. The third kappa shape index (κ3) is 5.44. The van der Waals surface area contributed by atoms with Crippen molar-refractivity contribution in [2.24, 2.45) is 0 Å². The number of aromatic nitrogens is 1. The first kappa shape index (κ1) is 26.6. The molecular formula is C52H36N2. The summed E-state index contributed by atoms with van der Waals surface area (Å²) in [5, 5.41) is 4.24. The highest BCUT2D eigenvalue weighted by Crippen LogP contribution is 2.46. The molecule has 10 aromatic rings. The Morgan fingerprint density at radius 3 is 1.91 bits per heavy atom. The highest BCUT2D eigenvalue weighted by molar-refractivity contribution is 6.17. The lowest BCUT2D eigenvalue weighted by molar-refractivity contribution is 1.18. The van der Waals surface area contributed by atoms with Crippen molar-refractivity contribution in [3.8, 4) is 39.1 Å². The van der Waals surface area contributed by atoms with E-state index in [1.54, 1.807) is 0 Å². The lowest BCUT2D eigenvalue weighted by Crippen LogP contribution is -2.11. The summed E-state index contributed by atoms with van der Waals surface area (Å²) in [5.74, 6) is 0. The second-order valence-corrected chi connectivity index (χ2v) is 13.4. The molecule has 0 bridgehead atoms. The van der Waals surface area contributed by atoms with Crippen LogP contribution in [0.2, 0.25) is 0 Å². The predicted octanol–water partition coefficient (Wildman–Crippen LogP) is 14.4. The van der Waals surface area contributed by atoms with E-state index in [4.69, 9.17) is 6.85 Å². The molecule has 1 aromatic heterocycles. The van der Waals surface area contributed by atoms with Gasteiger partial charge in [-0.3, -0.25) is 0 Å². The molecule has 0 atom stereocenters. The van der Waals surface area contributed by atoms with E-state index in [1.165, 1.54) is 16.3 Å². The van der Waals surface area contributed by atoms with E-state index < -0.39 is 6.04 Å². The summed E-state index contributed by atoms with van der Waals surface area (Å²) in [7, 11) is 0. The first-order chi connectivity index (χ1) is 28.9. The molecule has 10 rings (SSSR count). The Kier molecular flexibility index (Phi) is 6.61. The van der Waals surface area contributed by atoms with Crippen LogP contribution in [0.15, 0.2) is 218 Å². The van der Waals surface area contributed by atoms with E-state index in [1.807, 2.05) is 47.0 Å². The van der Waals surface area contributed by atoms with Crippen LogP contribution in [0.5, 0.6) is 0 Å². The van der Waals surface area contributed by atoms with E-state index in [0.717, 1.165) is 66.7 Å². The van der Waals surface area contributed by atoms with Crippen molar-refractivity contribution in [3.05, 3.63) is 218 Å². The van der Waals surface area contributed by atoms with Gasteiger partial charge in [0.15, 0.2) is 0 Å². The molecule has 0 N–H and O–H groups in total. The summed E-state index contributed by atoms with van der Waals surface area (Å²) in [4.78, 5) is 2.31. The fourth-order valence-corrected chi connectivity index (χ4v) is 7.89. The quantitative estimate of drug-likeness (QED) is 0.161. The van der Waals surface area contributed by atoms with Crippen molar-refractivity contribution in [1.82, 2.24) is 4.57 Å². The van der Waals surface area contributed by atoms with Gasteiger partial charge in [-0.05, 0) is 93.1 Å². The lowest BCUT2D eigenvalue weighted by atomic mass is 9.96. The third-order valence-corrected chi connectivity index (χ3v) is 10.3. The van der Waals surface area contributed by atoms with E-state index in [2.05, 4.69) is 150 Å². The van der Waals surface area contributed by atoms with Gasteiger partial charge in [-0.25, -0.2) is 0 Å². The number of rotatable bonds is 7. The zero-order valence-corrected chi connectivity index (χ0v) is 29.3. The summed E-state index contributed by atoms with van der Waals surface area (Å²) in [6.07, 6.45) is 0. The summed E-state index contributed by atoms with van der Waals surface area (Å²) >= 11 is 0. The highest BCUT2D eigenvalue weighted by atomic mass is 15.1. The number of nitrogens with zero attached hydrogens (tertiary/aromatic N) is 2. The average molecular weight is 694 g/mol. The molecule has 2 heteroatoms. The second kappa shape index (κ2) is 13.4. The Bertz CT molecular complexity index is 3190. The molecular weight excluding hydrogens is 653 g/mol. The summed E-state index contributed by atoms with van der Waals surface area (Å²) in [5.41, 5.74) is 11.0. The Morgan fingerprint density at radius 1 is 0.407 bits per heavy atom. The minimum absolute atomic E-state index is 0.123. The molecule has 0 radical (unpaired) electrons. The zero-order valence-electron chi connectivity index (χ0n) is 34.3. The summed E-state index contributed by atoms with van der Waals surface area (Å²) < 4.78 is 45.0. The van der Waals surface area contributed by atoms with Gasteiger partial charge in [0.25, 0.3) is 0 Å². The molecule has 9 aromatic carbocycles. The third-order valence-electron chi connectivity index (χ3n) is 10.3. The number of para-hydroxylation sites is 3. The molecule has 0 saturated carbocycles. The molecule has 0 amide bonds. The van der Waals surface area contributed by atoms with E-state index >= 15 is 0 Å². The highest BCUT2D eigenvalue weighted by Gasteiger charge is 2.22. The van der Waals surface area contributed by atoms with Gasteiger partial charge < -0.3 is 9.47 Å². The molecule has 0 aliphatic rings. The van der Waals surface area contributed by atoms with Crippen molar-refractivity contribution in [2.45, 2.75) is 0 Å². The van der Waals surface area contributed by atoms with Crippen LogP contribution in [0.25, 0.3) is 71.6 Å². The minimum atomic E-state index is -0.416. The van der Waals surface area contributed by atoms with E-state index in [9.17, 15) is 0 Å². The van der Waals surface area contributed by atoms with Crippen LogP contribution in [0.4, 0.5) is 17.1 Å². The normalized spacial score (nSPS) is 12.6. The van der Waals surface area contributed by atoms with Crippen LogP contribution in [0.3, 0.4) is 0 Å². The second-order valence-electron chi connectivity index (χ2n) is 13.4. The van der Waals surface area contributed by atoms with Crippen molar-refractivity contribution in [2.75, 3.05) is 4.90 Å².